The third-order valence-electron chi connectivity index (χ3n) is 2.42. The van der Waals surface area contributed by atoms with Gasteiger partial charge in [0.25, 0.3) is 0 Å². The van der Waals surface area contributed by atoms with Crippen molar-refractivity contribution in [2.45, 2.75) is 39.0 Å². The fourth-order valence-electron chi connectivity index (χ4n) is 1.49. The molecule has 1 rings (SSSR count). The van der Waals surface area contributed by atoms with Gasteiger partial charge in [0, 0.05) is 12.0 Å². The molecular formula is C13H17FO. The molecule has 0 unspecified atom stereocenters. The largest absolute Gasteiger partial charge is 0.294 e. The molecule has 1 nitrogen and oxygen atoms in total. The summed E-state index contributed by atoms with van der Waals surface area (Å²) in [6.45, 7) is 2.14. The first kappa shape index (κ1) is 11.9. The minimum Gasteiger partial charge on any atom is -0.294 e. The van der Waals surface area contributed by atoms with Gasteiger partial charge in [-0.3, -0.25) is 4.79 Å². The fraction of sp³-hybridized carbons (Fsp3) is 0.462. The van der Waals surface area contributed by atoms with Gasteiger partial charge in [-0.05, 0) is 30.7 Å². The molecule has 2 heteroatoms. The lowest BCUT2D eigenvalue weighted by Gasteiger charge is -2.00. The Bertz CT molecular complexity index is 303. The second-order valence-electron chi connectivity index (χ2n) is 3.74. The van der Waals surface area contributed by atoms with Gasteiger partial charge in [-0.25, -0.2) is 4.39 Å². The summed E-state index contributed by atoms with van der Waals surface area (Å²) in [5, 5.41) is 0. The fourth-order valence-corrected chi connectivity index (χ4v) is 1.49. The molecule has 0 aromatic heterocycles. The maximum atomic E-state index is 12.6. The molecule has 0 N–H and O–H groups in total. The number of carbonyl (C=O) groups is 1. The van der Waals surface area contributed by atoms with E-state index in [0.717, 1.165) is 12.8 Å². The highest BCUT2D eigenvalue weighted by Crippen LogP contribution is 2.09. The minimum atomic E-state index is -0.294. The molecule has 0 fully saturated rings. The molecule has 0 radical (unpaired) electrons. The summed E-state index contributed by atoms with van der Waals surface area (Å²) in [7, 11) is 0. The molecule has 0 spiro atoms. The summed E-state index contributed by atoms with van der Waals surface area (Å²) in [6, 6.07) is 5.77. The Hall–Kier alpha value is -1.18. The molecule has 0 saturated carbocycles. The summed E-state index contributed by atoms with van der Waals surface area (Å²) in [5.74, 6) is -0.177. The predicted octanol–water partition coefficient (Wildman–Crippen LogP) is 3.98. The van der Waals surface area contributed by atoms with E-state index in [1.807, 2.05) is 0 Å². The van der Waals surface area contributed by atoms with Crippen LogP contribution in [0.2, 0.25) is 0 Å². The van der Waals surface area contributed by atoms with Crippen molar-refractivity contribution in [3.8, 4) is 0 Å². The van der Waals surface area contributed by atoms with Gasteiger partial charge < -0.3 is 0 Å². The summed E-state index contributed by atoms with van der Waals surface area (Å²) >= 11 is 0. The average molecular weight is 207 g/mol. The van der Waals surface area contributed by atoms with Crippen molar-refractivity contribution in [3.63, 3.8) is 0 Å². The Kier molecular flexibility index (Phi) is 5.02. The van der Waals surface area contributed by atoms with Crippen LogP contribution < -0.4 is 0 Å². The molecule has 0 aliphatic carbocycles. The van der Waals surface area contributed by atoms with Crippen molar-refractivity contribution in [3.05, 3.63) is 35.6 Å². The van der Waals surface area contributed by atoms with Crippen molar-refractivity contribution in [1.29, 1.82) is 0 Å². The van der Waals surface area contributed by atoms with E-state index in [2.05, 4.69) is 6.92 Å². The van der Waals surface area contributed by atoms with Crippen LogP contribution in [0.15, 0.2) is 24.3 Å². The van der Waals surface area contributed by atoms with Crippen LogP contribution in [-0.4, -0.2) is 5.78 Å². The van der Waals surface area contributed by atoms with Crippen LogP contribution in [0.5, 0.6) is 0 Å². The van der Waals surface area contributed by atoms with Crippen molar-refractivity contribution in [2.24, 2.45) is 0 Å². The molecule has 1 aromatic carbocycles. The zero-order valence-electron chi connectivity index (χ0n) is 9.13. The van der Waals surface area contributed by atoms with Gasteiger partial charge in [0.1, 0.15) is 5.82 Å². The highest BCUT2D eigenvalue weighted by Gasteiger charge is 2.04. The molecule has 82 valence electrons. The predicted molar refractivity (Wildman–Crippen MR) is 59.5 cm³/mol. The molecule has 0 aliphatic heterocycles. The van der Waals surface area contributed by atoms with Crippen LogP contribution in [0.1, 0.15) is 49.4 Å². The normalized spacial score (nSPS) is 10.3. The highest BCUT2D eigenvalue weighted by atomic mass is 18.2. The average Bonchev–Trinajstić information content (AvgIpc) is 2.25. The van der Waals surface area contributed by atoms with E-state index in [4.69, 9.17) is 0 Å². The number of Topliss-reactive ketones (excluding diaryl/α,β-unsaturated/α-hetero) is 1. The van der Waals surface area contributed by atoms with E-state index in [-0.39, 0.29) is 11.6 Å². The smallest absolute Gasteiger partial charge is 0.162 e. The zero-order chi connectivity index (χ0) is 11.1. The van der Waals surface area contributed by atoms with Gasteiger partial charge in [-0.2, -0.15) is 0 Å². The first-order valence-electron chi connectivity index (χ1n) is 5.53. The molecule has 0 saturated heterocycles. The van der Waals surface area contributed by atoms with E-state index < -0.39 is 0 Å². The topological polar surface area (TPSA) is 17.1 Å². The molecule has 15 heavy (non-hydrogen) atoms. The van der Waals surface area contributed by atoms with Crippen molar-refractivity contribution < 1.29 is 9.18 Å². The van der Waals surface area contributed by atoms with Crippen LogP contribution in [-0.2, 0) is 0 Å². The number of unbranched alkanes of at least 4 members (excludes halogenated alkanes) is 3. The Morgan fingerprint density at radius 3 is 2.40 bits per heavy atom. The monoisotopic (exact) mass is 207 g/mol. The number of rotatable bonds is 6. The van der Waals surface area contributed by atoms with E-state index in [0.29, 0.717) is 12.0 Å². The lowest BCUT2D eigenvalue weighted by atomic mass is 10.0. The molecule has 1 aromatic rings. The molecule has 0 bridgehead atoms. The van der Waals surface area contributed by atoms with Gasteiger partial charge in [-0.15, -0.1) is 0 Å². The Morgan fingerprint density at radius 2 is 1.80 bits per heavy atom. The van der Waals surface area contributed by atoms with Crippen molar-refractivity contribution in [1.82, 2.24) is 0 Å². The third-order valence-corrected chi connectivity index (χ3v) is 2.42. The second kappa shape index (κ2) is 6.33. The number of ketones is 1. The first-order valence-corrected chi connectivity index (χ1v) is 5.53. The lowest BCUT2D eigenvalue weighted by molar-refractivity contribution is 0.0979. The van der Waals surface area contributed by atoms with Crippen LogP contribution in [0.25, 0.3) is 0 Å². The standard InChI is InChI=1S/C13H17FO/c1-2-3-4-5-6-13(15)11-7-9-12(14)10-8-11/h7-10H,2-6H2,1H3/i14-1. The SMILES string of the molecule is CCCCCCC(=O)c1ccc([18F])cc1. The zero-order valence-corrected chi connectivity index (χ0v) is 9.13. The molecular weight excluding hydrogens is 190 g/mol. The number of halogens is 1. The van der Waals surface area contributed by atoms with Crippen LogP contribution in [0.4, 0.5) is 4.39 Å². The molecule has 0 heterocycles. The Morgan fingerprint density at radius 1 is 1.13 bits per heavy atom. The van der Waals surface area contributed by atoms with E-state index in [1.54, 1.807) is 12.1 Å². The van der Waals surface area contributed by atoms with E-state index in [9.17, 15) is 9.18 Å². The minimum absolute atomic E-state index is 0.117. The summed E-state index contributed by atoms with van der Waals surface area (Å²) in [5.41, 5.74) is 0.618. The lowest BCUT2D eigenvalue weighted by Crippen LogP contribution is -1.98. The quantitative estimate of drug-likeness (QED) is 0.509. The van der Waals surface area contributed by atoms with Gasteiger partial charge in [0.15, 0.2) is 5.78 Å². The first-order chi connectivity index (χ1) is 7.24. The van der Waals surface area contributed by atoms with Crippen LogP contribution >= 0.6 is 0 Å². The molecule has 0 atom stereocenters. The number of benzene rings is 1. The summed E-state index contributed by atoms with van der Waals surface area (Å²) in [4.78, 5) is 11.6. The molecule has 0 aliphatic rings. The van der Waals surface area contributed by atoms with Gasteiger partial charge in [0.05, 0.1) is 0 Å². The van der Waals surface area contributed by atoms with E-state index in [1.165, 1.54) is 25.0 Å². The van der Waals surface area contributed by atoms with Crippen molar-refractivity contribution in [2.75, 3.05) is 0 Å². The van der Waals surface area contributed by atoms with Crippen LogP contribution in [0, 0.1) is 5.82 Å². The summed E-state index contributed by atoms with van der Waals surface area (Å²) in [6.07, 6.45) is 4.96. The second-order valence-corrected chi connectivity index (χ2v) is 3.74. The van der Waals surface area contributed by atoms with Gasteiger partial charge >= 0.3 is 0 Å². The Balaban J connectivity index is 2.37. The third kappa shape index (κ3) is 4.24. The maximum absolute atomic E-state index is 12.6. The molecule has 0 amide bonds. The van der Waals surface area contributed by atoms with Crippen molar-refractivity contribution >= 4 is 5.78 Å². The number of carbonyl (C=O) groups excluding carboxylic acids is 1. The highest BCUT2D eigenvalue weighted by molar-refractivity contribution is 5.95. The number of hydrogen-bond acceptors (Lipinski definition) is 1. The van der Waals surface area contributed by atoms with Gasteiger partial charge in [0.2, 0.25) is 0 Å². The van der Waals surface area contributed by atoms with Crippen LogP contribution in [0.3, 0.4) is 0 Å². The van der Waals surface area contributed by atoms with E-state index >= 15 is 0 Å². The van der Waals surface area contributed by atoms with Gasteiger partial charge in [-0.1, -0.05) is 26.2 Å². The number of hydrogen-bond donors (Lipinski definition) is 0. The summed E-state index contributed by atoms with van der Waals surface area (Å²) < 4.78 is 12.6. The Labute approximate surface area is 90.3 Å². The maximum Gasteiger partial charge on any atom is 0.162 e.